The van der Waals surface area contributed by atoms with Gasteiger partial charge in [0.25, 0.3) is 5.91 Å². The van der Waals surface area contributed by atoms with E-state index in [9.17, 15) is 34.5 Å². The van der Waals surface area contributed by atoms with Crippen LogP contribution in [0.2, 0.25) is 0 Å². The smallest absolute Gasteiger partial charge is 0.255 e. The summed E-state index contributed by atoms with van der Waals surface area (Å²) in [5.74, 6) is -5.79. The number of benzene rings is 1. The van der Waals surface area contributed by atoms with Crippen LogP contribution in [0, 0.1) is 17.8 Å². The summed E-state index contributed by atoms with van der Waals surface area (Å²) < 4.78 is 0. The number of carbonyl (C=O) groups excluding carboxylic acids is 4. The van der Waals surface area contributed by atoms with Gasteiger partial charge in [-0.15, -0.1) is 0 Å². The van der Waals surface area contributed by atoms with E-state index < -0.39 is 58.4 Å². The minimum Gasteiger partial charge on any atom is -0.511 e. The van der Waals surface area contributed by atoms with E-state index in [1.807, 2.05) is 25.1 Å². The van der Waals surface area contributed by atoms with Crippen molar-refractivity contribution < 1.29 is 34.5 Å². The fourth-order valence-corrected chi connectivity index (χ4v) is 7.08. The normalized spacial score (nSPS) is 26.2. The van der Waals surface area contributed by atoms with Gasteiger partial charge in [0.1, 0.15) is 22.8 Å². The summed E-state index contributed by atoms with van der Waals surface area (Å²) in [5.41, 5.74) is 7.46. The van der Waals surface area contributed by atoms with E-state index in [-0.39, 0.29) is 22.8 Å². The SMILES string of the molecule is CN(C)CC(=O)N1CC=C(c2ccc(O)c3c2CC2CC4C(C(=O)C(C(N)=O)=C(O)[C@H]4N(C)C)C(O)=C2C3=O)CC1. The van der Waals surface area contributed by atoms with Crippen LogP contribution in [0.4, 0.5) is 0 Å². The summed E-state index contributed by atoms with van der Waals surface area (Å²) in [7, 11) is 7.08. The monoisotopic (exact) mass is 564 g/mol. The summed E-state index contributed by atoms with van der Waals surface area (Å²) in [6, 6.07) is 2.47. The molecule has 5 N–H and O–H groups in total. The molecule has 11 nitrogen and oxygen atoms in total. The van der Waals surface area contributed by atoms with Crippen LogP contribution in [-0.2, 0) is 20.8 Å². The van der Waals surface area contributed by atoms with Crippen LogP contribution < -0.4 is 5.73 Å². The van der Waals surface area contributed by atoms with E-state index >= 15 is 0 Å². The highest BCUT2D eigenvalue weighted by molar-refractivity contribution is 6.22. The number of aliphatic hydroxyl groups is 2. The number of phenols is 1. The van der Waals surface area contributed by atoms with Crippen molar-refractivity contribution in [3.8, 4) is 5.75 Å². The highest BCUT2D eigenvalue weighted by Gasteiger charge is 2.54. The van der Waals surface area contributed by atoms with Crippen molar-refractivity contribution >= 4 is 29.0 Å². The Hall–Kier alpha value is -3.96. The number of nitrogens with two attached hydrogens (primary N) is 1. The van der Waals surface area contributed by atoms with Gasteiger partial charge in [0.15, 0.2) is 11.6 Å². The minimum absolute atomic E-state index is 0.0319. The lowest BCUT2D eigenvalue weighted by atomic mass is 9.60. The predicted octanol–water partition coefficient (Wildman–Crippen LogP) is 1.18. The van der Waals surface area contributed by atoms with Crippen LogP contribution in [0.3, 0.4) is 0 Å². The Bertz CT molecular complexity index is 1450. The van der Waals surface area contributed by atoms with Gasteiger partial charge in [0, 0.05) is 18.7 Å². The summed E-state index contributed by atoms with van der Waals surface area (Å²) >= 11 is 0. The molecule has 0 fully saturated rings. The molecular weight excluding hydrogens is 528 g/mol. The Kier molecular flexibility index (Phi) is 7.29. The second-order valence-electron chi connectivity index (χ2n) is 11.8. The quantitative estimate of drug-likeness (QED) is 0.384. The van der Waals surface area contributed by atoms with E-state index in [1.165, 1.54) is 6.07 Å². The molecule has 4 aliphatic rings. The Labute approximate surface area is 238 Å². The lowest BCUT2D eigenvalue weighted by Gasteiger charge is -2.46. The number of hydrogen-bond acceptors (Lipinski definition) is 9. The van der Waals surface area contributed by atoms with Crippen LogP contribution in [0.5, 0.6) is 5.75 Å². The van der Waals surface area contributed by atoms with Crippen LogP contribution in [0.25, 0.3) is 5.57 Å². The number of aromatic hydroxyl groups is 1. The van der Waals surface area contributed by atoms with Gasteiger partial charge in [-0.2, -0.15) is 0 Å². The zero-order valence-corrected chi connectivity index (χ0v) is 23.7. The number of primary amides is 1. The third-order valence-corrected chi connectivity index (χ3v) is 8.81. The molecule has 2 amide bonds. The summed E-state index contributed by atoms with van der Waals surface area (Å²) in [4.78, 5) is 57.2. The van der Waals surface area contributed by atoms with Crippen LogP contribution in [0.1, 0.15) is 34.3 Å². The van der Waals surface area contributed by atoms with Gasteiger partial charge in [-0.05, 0) is 82.1 Å². The van der Waals surface area contributed by atoms with Gasteiger partial charge in [-0.1, -0.05) is 12.1 Å². The van der Waals surface area contributed by atoms with Crippen LogP contribution in [0.15, 0.2) is 40.9 Å². The first-order chi connectivity index (χ1) is 19.3. The number of fused-ring (bicyclic) bond motifs is 3. The molecule has 0 aromatic heterocycles. The van der Waals surface area contributed by atoms with Crippen molar-refractivity contribution in [2.75, 3.05) is 47.8 Å². The van der Waals surface area contributed by atoms with Gasteiger partial charge < -0.3 is 30.9 Å². The number of carbonyl (C=O) groups is 4. The zero-order valence-electron chi connectivity index (χ0n) is 23.7. The number of Topliss-reactive ketones (excluding diaryl/α,β-unsaturated/α-hetero) is 2. The topological polar surface area (TPSA) is 165 Å². The molecule has 0 saturated heterocycles. The molecule has 1 heterocycles. The van der Waals surface area contributed by atoms with E-state index in [0.29, 0.717) is 44.5 Å². The molecule has 0 spiro atoms. The van der Waals surface area contributed by atoms with E-state index in [1.54, 1.807) is 30.0 Å². The number of hydrogen-bond donors (Lipinski definition) is 4. The molecule has 11 heteroatoms. The molecule has 1 aromatic carbocycles. The van der Waals surface area contributed by atoms with Crippen molar-refractivity contribution in [3.05, 3.63) is 57.6 Å². The Morgan fingerprint density at radius 2 is 1.78 bits per heavy atom. The van der Waals surface area contributed by atoms with E-state index in [4.69, 9.17) is 5.73 Å². The van der Waals surface area contributed by atoms with Crippen molar-refractivity contribution in [1.82, 2.24) is 14.7 Å². The Balaban J connectivity index is 1.55. The van der Waals surface area contributed by atoms with Gasteiger partial charge in [-0.25, -0.2) is 0 Å². The molecule has 1 aromatic rings. The number of phenolic OH excluding ortho intramolecular Hbond substituents is 1. The maximum Gasteiger partial charge on any atom is 0.255 e. The third-order valence-electron chi connectivity index (χ3n) is 8.81. The largest absolute Gasteiger partial charge is 0.511 e. The molecule has 0 bridgehead atoms. The van der Waals surface area contributed by atoms with E-state index in [2.05, 4.69) is 0 Å². The predicted molar refractivity (Wildman–Crippen MR) is 150 cm³/mol. The number of aliphatic hydroxyl groups excluding tert-OH is 2. The van der Waals surface area contributed by atoms with Gasteiger partial charge in [-0.3, -0.25) is 24.1 Å². The number of ketones is 2. The minimum atomic E-state index is -1.21. The van der Waals surface area contributed by atoms with Crippen molar-refractivity contribution in [2.45, 2.75) is 25.3 Å². The highest BCUT2D eigenvalue weighted by Crippen LogP contribution is 2.51. The first-order valence-electron chi connectivity index (χ1n) is 13.7. The average molecular weight is 565 g/mol. The van der Waals surface area contributed by atoms with Crippen LogP contribution >= 0.6 is 0 Å². The maximum absolute atomic E-state index is 13.9. The third kappa shape index (κ3) is 4.62. The fourth-order valence-electron chi connectivity index (χ4n) is 7.08. The molecule has 218 valence electrons. The first kappa shape index (κ1) is 28.6. The highest BCUT2D eigenvalue weighted by atomic mass is 16.3. The molecule has 3 aliphatic carbocycles. The number of rotatable bonds is 5. The molecule has 1 aliphatic heterocycles. The zero-order chi connectivity index (χ0) is 29.9. The summed E-state index contributed by atoms with van der Waals surface area (Å²) in [5, 5.41) is 33.1. The van der Waals surface area contributed by atoms with Crippen molar-refractivity contribution in [3.63, 3.8) is 0 Å². The Morgan fingerprint density at radius 1 is 1.07 bits per heavy atom. The average Bonchev–Trinajstić information content (AvgIpc) is 2.87. The van der Waals surface area contributed by atoms with Gasteiger partial charge in [0.2, 0.25) is 5.91 Å². The number of allylic oxidation sites excluding steroid dienone is 2. The fraction of sp³-hybridized carbons (Fsp3) is 0.467. The van der Waals surface area contributed by atoms with Crippen molar-refractivity contribution in [2.24, 2.45) is 23.5 Å². The molecule has 0 radical (unpaired) electrons. The second kappa shape index (κ2) is 10.5. The lowest BCUT2D eigenvalue weighted by Crippen LogP contribution is -2.53. The molecule has 41 heavy (non-hydrogen) atoms. The molecule has 0 saturated carbocycles. The van der Waals surface area contributed by atoms with Crippen LogP contribution in [-0.4, -0.2) is 107 Å². The second-order valence-corrected chi connectivity index (χ2v) is 11.8. The summed E-state index contributed by atoms with van der Waals surface area (Å²) in [6.45, 7) is 1.28. The standard InChI is InChI=1S/C30H36N4O7/c1-32(2)13-20(36)34-9-7-14(8-10-34)16-5-6-19(35)22-17(16)11-15-12-18-23(27(38)21(15)26(22)37)28(39)24(30(31)41)29(40)25(18)33(3)4/h5-7,15,18,23,25,35,38,40H,8-13H2,1-4H3,(H2,31,41)/t15?,18?,23?,25-/m0/s1. The Morgan fingerprint density at radius 3 is 2.37 bits per heavy atom. The first-order valence-corrected chi connectivity index (χ1v) is 13.7. The van der Waals surface area contributed by atoms with Crippen molar-refractivity contribution in [1.29, 1.82) is 0 Å². The molecule has 4 atom stereocenters. The maximum atomic E-state index is 13.9. The number of likely N-dealkylation sites (N-methyl/N-ethyl adjacent to an activating group) is 2. The molecule has 3 unspecified atom stereocenters. The summed E-state index contributed by atoms with van der Waals surface area (Å²) in [6.07, 6.45) is 3.18. The lowest BCUT2D eigenvalue weighted by molar-refractivity contribution is -0.131. The van der Waals surface area contributed by atoms with Gasteiger partial charge >= 0.3 is 0 Å². The number of amides is 2. The molecular formula is C30H36N4O7. The molecule has 5 rings (SSSR count). The van der Waals surface area contributed by atoms with E-state index in [0.717, 1.165) is 11.1 Å². The number of nitrogens with zero attached hydrogens (tertiary/aromatic N) is 3. The van der Waals surface area contributed by atoms with Gasteiger partial charge in [0.05, 0.1) is 24.1 Å².